The van der Waals surface area contributed by atoms with Crippen LogP contribution in [-0.2, 0) is 13.1 Å². The fourth-order valence-corrected chi connectivity index (χ4v) is 3.23. The van der Waals surface area contributed by atoms with Crippen LogP contribution in [0.25, 0.3) is 10.9 Å². The number of H-pyrrole nitrogens is 1. The van der Waals surface area contributed by atoms with Crippen molar-refractivity contribution in [3.05, 3.63) is 81.4 Å². The average molecular weight is 383 g/mol. The van der Waals surface area contributed by atoms with Crippen LogP contribution in [0.2, 0.25) is 0 Å². The second kappa shape index (κ2) is 8.31. The maximum atomic E-state index is 13.2. The van der Waals surface area contributed by atoms with Gasteiger partial charge >= 0.3 is 0 Å². The lowest BCUT2D eigenvalue weighted by Crippen LogP contribution is -2.39. The molecule has 0 spiro atoms. The Balaban J connectivity index is 1.91. The number of pyridine rings is 1. The Morgan fingerprint density at radius 3 is 2.59 bits per heavy atom. The van der Waals surface area contributed by atoms with Gasteiger partial charge in [0, 0.05) is 24.2 Å². The molecular weight excluding hydrogens is 361 g/mol. The summed E-state index contributed by atoms with van der Waals surface area (Å²) in [5.41, 5.74) is 3.34. The van der Waals surface area contributed by atoms with Gasteiger partial charge in [-0.2, -0.15) is 0 Å². The molecule has 0 radical (unpaired) electrons. The number of hydrogen-bond donors (Lipinski definition) is 2. The van der Waals surface area contributed by atoms with E-state index in [1.165, 1.54) is 12.1 Å². The predicted octanol–water partition coefficient (Wildman–Crippen LogP) is 3.87. The fourth-order valence-electron chi connectivity index (χ4n) is 2.96. The highest BCUT2D eigenvalue weighted by Crippen LogP contribution is 2.15. The first-order chi connectivity index (χ1) is 13.0. The maximum Gasteiger partial charge on any atom is 0.253 e. The number of hydrogen-bond acceptors (Lipinski definition) is 2. The van der Waals surface area contributed by atoms with Crippen molar-refractivity contribution in [2.45, 2.75) is 26.9 Å². The standard InChI is InChI=1S/C21H22FN3OS/c1-3-23-21(27)25(12-15-5-8-18(22)9-6-15)13-17-11-16-7-4-14(2)10-19(16)24-20(17)26/h4-11H,3,12-13H2,1-2H3,(H,23,27)(H,24,26). The van der Waals surface area contributed by atoms with Crippen molar-refractivity contribution in [2.24, 2.45) is 0 Å². The molecule has 140 valence electrons. The number of nitrogens with one attached hydrogen (secondary N) is 2. The van der Waals surface area contributed by atoms with E-state index in [2.05, 4.69) is 10.3 Å². The molecule has 0 fully saturated rings. The Morgan fingerprint density at radius 1 is 1.15 bits per heavy atom. The fraction of sp³-hybridized carbons (Fsp3) is 0.238. The van der Waals surface area contributed by atoms with Gasteiger partial charge in [-0.05, 0) is 66.8 Å². The minimum atomic E-state index is -0.277. The van der Waals surface area contributed by atoms with Gasteiger partial charge in [0.15, 0.2) is 5.11 Å². The van der Waals surface area contributed by atoms with Crippen molar-refractivity contribution < 1.29 is 4.39 Å². The second-order valence-corrected chi connectivity index (χ2v) is 6.92. The van der Waals surface area contributed by atoms with Crippen molar-refractivity contribution in [1.29, 1.82) is 0 Å². The van der Waals surface area contributed by atoms with Crippen LogP contribution >= 0.6 is 12.2 Å². The summed E-state index contributed by atoms with van der Waals surface area (Å²) in [4.78, 5) is 17.4. The molecule has 6 heteroatoms. The lowest BCUT2D eigenvalue weighted by atomic mass is 10.1. The molecule has 3 rings (SSSR count). The van der Waals surface area contributed by atoms with Crippen LogP contribution in [0.3, 0.4) is 0 Å². The molecule has 2 aromatic carbocycles. The number of aromatic amines is 1. The number of aromatic nitrogens is 1. The van der Waals surface area contributed by atoms with Crippen molar-refractivity contribution in [3.8, 4) is 0 Å². The maximum absolute atomic E-state index is 13.2. The lowest BCUT2D eigenvalue weighted by molar-refractivity contribution is 0.398. The van der Waals surface area contributed by atoms with Gasteiger partial charge in [-0.15, -0.1) is 0 Å². The zero-order chi connectivity index (χ0) is 19.4. The molecule has 0 aliphatic rings. The van der Waals surface area contributed by atoms with Crippen LogP contribution in [-0.4, -0.2) is 21.5 Å². The Hall–Kier alpha value is -2.73. The van der Waals surface area contributed by atoms with Gasteiger partial charge in [0.2, 0.25) is 0 Å². The quantitative estimate of drug-likeness (QED) is 0.657. The van der Waals surface area contributed by atoms with Gasteiger partial charge in [0.1, 0.15) is 5.82 Å². The van der Waals surface area contributed by atoms with Crippen molar-refractivity contribution >= 4 is 28.2 Å². The van der Waals surface area contributed by atoms with Crippen LogP contribution in [0.5, 0.6) is 0 Å². The van der Waals surface area contributed by atoms with Gasteiger partial charge in [0.05, 0.1) is 6.54 Å². The molecular formula is C21H22FN3OS. The van der Waals surface area contributed by atoms with E-state index >= 15 is 0 Å². The van der Waals surface area contributed by atoms with Crippen molar-refractivity contribution in [3.63, 3.8) is 0 Å². The summed E-state index contributed by atoms with van der Waals surface area (Å²) in [7, 11) is 0. The van der Waals surface area contributed by atoms with Gasteiger partial charge in [-0.25, -0.2) is 4.39 Å². The average Bonchev–Trinajstić information content (AvgIpc) is 2.63. The molecule has 0 unspecified atom stereocenters. The topological polar surface area (TPSA) is 48.1 Å². The highest BCUT2D eigenvalue weighted by Gasteiger charge is 2.14. The molecule has 0 saturated carbocycles. The summed E-state index contributed by atoms with van der Waals surface area (Å²) in [6.07, 6.45) is 0. The summed E-state index contributed by atoms with van der Waals surface area (Å²) in [6, 6.07) is 14.2. The monoisotopic (exact) mass is 383 g/mol. The molecule has 4 nitrogen and oxygen atoms in total. The van der Waals surface area contributed by atoms with Crippen molar-refractivity contribution in [2.75, 3.05) is 6.54 Å². The van der Waals surface area contributed by atoms with E-state index in [0.29, 0.717) is 30.3 Å². The third-order valence-corrected chi connectivity index (χ3v) is 4.74. The smallest absolute Gasteiger partial charge is 0.253 e. The number of thiocarbonyl (C=S) groups is 1. The van der Waals surface area contributed by atoms with Crippen molar-refractivity contribution in [1.82, 2.24) is 15.2 Å². The highest BCUT2D eigenvalue weighted by atomic mass is 32.1. The molecule has 0 aliphatic heterocycles. The third kappa shape index (κ3) is 4.71. The molecule has 0 bridgehead atoms. The largest absolute Gasteiger partial charge is 0.363 e. The van der Waals surface area contributed by atoms with Crippen LogP contribution in [0, 0.1) is 12.7 Å². The molecule has 0 amide bonds. The summed E-state index contributed by atoms with van der Waals surface area (Å²) in [6.45, 7) is 5.49. The van der Waals surface area contributed by atoms with E-state index in [1.807, 2.05) is 43.0 Å². The lowest BCUT2D eigenvalue weighted by Gasteiger charge is -2.25. The SMILES string of the molecule is CCNC(=S)N(Cc1ccc(F)cc1)Cc1cc2ccc(C)cc2[nH]c1=O. The van der Waals surface area contributed by atoms with E-state index in [9.17, 15) is 9.18 Å². The Bertz CT molecular complexity index is 1010. The zero-order valence-electron chi connectivity index (χ0n) is 15.4. The van der Waals surface area contributed by atoms with Gasteiger partial charge in [-0.3, -0.25) is 4.79 Å². The summed E-state index contributed by atoms with van der Waals surface area (Å²) >= 11 is 5.48. The molecule has 3 aromatic rings. The van der Waals surface area contributed by atoms with Gasteiger partial charge in [-0.1, -0.05) is 24.3 Å². The van der Waals surface area contributed by atoms with E-state index < -0.39 is 0 Å². The number of aryl methyl sites for hydroxylation is 1. The highest BCUT2D eigenvalue weighted by molar-refractivity contribution is 7.80. The number of nitrogens with zero attached hydrogens (tertiary/aromatic N) is 1. The van der Waals surface area contributed by atoms with E-state index in [1.54, 1.807) is 12.1 Å². The Morgan fingerprint density at radius 2 is 1.89 bits per heavy atom. The van der Waals surface area contributed by atoms with Crippen LogP contribution in [0.15, 0.2) is 53.3 Å². The van der Waals surface area contributed by atoms with E-state index in [4.69, 9.17) is 12.2 Å². The number of halogens is 1. The molecule has 27 heavy (non-hydrogen) atoms. The molecule has 1 aromatic heterocycles. The molecule has 0 saturated heterocycles. The normalized spacial score (nSPS) is 10.8. The first kappa shape index (κ1) is 19.0. The molecule has 0 atom stereocenters. The van der Waals surface area contributed by atoms with Gasteiger partial charge in [0.25, 0.3) is 5.56 Å². The van der Waals surface area contributed by atoms with Crippen LogP contribution in [0.4, 0.5) is 4.39 Å². The molecule has 0 aliphatic carbocycles. The van der Waals surface area contributed by atoms with E-state index in [0.717, 1.165) is 22.0 Å². The van der Waals surface area contributed by atoms with Crippen LogP contribution in [0.1, 0.15) is 23.6 Å². The zero-order valence-corrected chi connectivity index (χ0v) is 16.2. The summed E-state index contributed by atoms with van der Waals surface area (Å²) in [5.74, 6) is -0.277. The second-order valence-electron chi connectivity index (χ2n) is 6.53. The molecule has 1 heterocycles. The Labute approximate surface area is 163 Å². The first-order valence-electron chi connectivity index (χ1n) is 8.86. The third-order valence-electron chi connectivity index (χ3n) is 4.34. The van der Waals surface area contributed by atoms with Gasteiger partial charge < -0.3 is 15.2 Å². The van der Waals surface area contributed by atoms with Crippen LogP contribution < -0.4 is 10.9 Å². The summed E-state index contributed by atoms with van der Waals surface area (Å²) < 4.78 is 13.2. The minimum Gasteiger partial charge on any atom is -0.363 e. The Kier molecular flexibility index (Phi) is 5.86. The summed E-state index contributed by atoms with van der Waals surface area (Å²) in [5, 5.41) is 4.67. The molecule has 2 N–H and O–H groups in total. The minimum absolute atomic E-state index is 0.128. The first-order valence-corrected chi connectivity index (χ1v) is 9.27. The predicted molar refractivity (Wildman–Crippen MR) is 111 cm³/mol. The number of rotatable bonds is 5. The number of benzene rings is 2. The van der Waals surface area contributed by atoms with E-state index in [-0.39, 0.29) is 11.4 Å². The number of fused-ring (bicyclic) bond motifs is 1.